The van der Waals surface area contributed by atoms with Gasteiger partial charge < -0.3 is 4.57 Å². The van der Waals surface area contributed by atoms with Gasteiger partial charge >= 0.3 is 0 Å². The standard InChI is InChI=1S/C19H13Cl2NO2/c20-16-10-17(21)19(24)22(11-16)12-18(23)15-8-6-14(7-9-15)13-4-2-1-3-5-13/h1-11H,12H2. The molecule has 0 N–H and O–H groups in total. The predicted molar refractivity (Wildman–Crippen MR) is 96.9 cm³/mol. The molecule has 0 unspecified atom stereocenters. The third-order valence-electron chi connectivity index (χ3n) is 3.64. The van der Waals surface area contributed by atoms with E-state index in [1.54, 1.807) is 12.1 Å². The quantitative estimate of drug-likeness (QED) is 0.634. The van der Waals surface area contributed by atoms with E-state index in [4.69, 9.17) is 23.2 Å². The van der Waals surface area contributed by atoms with Crippen molar-refractivity contribution in [2.24, 2.45) is 0 Å². The van der Waals surface area contributed by atoms with Crippen LogP contribution in [-0.2, 0) is 6.54 Å². The zero-order chi connectivity index (χ0) is 17.1. The fourth-order valence-electron chi connectivity index (χ4n) is 2.41. The number of halogens is 2. The highest BCUT2D eigenvalue weighted by Gasteiger charge is 2.11. The van der Waals surface area contributed by atoms with E-state index in [0.29, 0.717) is 10.6 Å². The monoisotopic (exact) mass is 357 g/mol. The van der Waals surface area contributed by atoms with Crippen LogP contribution in [0.2, 0.25) is 10.0 Å². The van der Waals surface area contributed by atoms with Crippen molar-refractivity contribution in [2.45, 2.75) is 6.54 Å². The second-order valence-corrected chi connectivity index (χ2v) is 6.15. The fourth-order valence-corrected chi connectivity index (χ4v) is 2.92. The van der Waals surface area contributed by atoms with Crippen LogP contribution in [0.25, 0.3) is 11.1 Å². The highest BCUT2D eigenvalue weighted by molar-refractivity contribution is 6.34. The van der Waals surface area contributed by atoms with Crippen LogP contribution in [-0.4, -0.2) is 10.4 Å². The molecule has 0 amide bonds. The van der Waals surface area contributed by atoms with E-state index in [-0.39, 0.29) is 17.4 Å². The van der Waals surface area contributed by atoms with Crippen LogP contribution in [0.4, 0.5) is 0 Å². The maximum atomic E-state index is 12.4. The summed E-state index contributed by atoms with van der Waals surface area (Å²) in [5.74, 6) is -0.185. The van der Waals surface area contributed by atoms with Gasteiger partial charge in [0.25, 0.3) is 5.56 Å². The van der Waals surface area contributed by atoms with Crippen molar-refractivity contribution in [3.63, 3.8) is 0 Å². The Morgan fingerprint density at radius 3 is 2.21 bits per heavy atom. The summed E-state index contributed by atoms with van der Waals surface area (Å²) >= 11 is 11.7. The zero-order valence-electron chi connectivity index (χ0n) is 12.6. The maximum Gasteiger partial charge on any atom is 0.269 e. The Bertz CT molecular complexity index is 932. The van der Waals surface area contributed by atoms with Crippen LogP contribution in [0, 0.1) is 0 Å². The van der Waals surface area contributed by atoms with Gasteiger partial charge in [-0.05, 0) is 17.2 Å². The van der Waals surface area contributed by atoms with Crippen LogP contribution in [0.1, 0.15) is 10.4 Å². The minimum absolute atomic E-state index is 0.00488. The molecule has 0 saturated carbocycles. The van der Waals surface area contributed by atoms with Gasteiger partial charge in [0, 0.05) is 11.8 Å². The van der Waals surface area contributed by atoms with E-state index in [1.807, 2.05) is 42.5 Å². The molecule has 1 aromatic heterocycles. The second-order valence-electron chi connectivity index (χ2n) is 5.31. The van der Waals surface area contributed by atoms with Crippen LogP contribution < -0.4 is 5.56 Å². The molecular weight excluding hydrogens is 345 g/mol. The number of Topliss-reactive ketones (excluding diaryl/α,β-unsaturated/α-hetero) is 1. The first-order valence-electron chi connectivity index (χ1n) is 7.29. The van der Waals surface area contributed by atoms with E-state index in [2.05, 4.69) is 0 Å². The SMILES string of the molecule is O=C(Cn1cc(Cl)cc(Cl)c1=O)c1ccc(-c2ccccc2)cc1. The van der Waals surface area contributed by atoms with E-state index in [9.17, 15) is 9.59 Å². The van der Waals surface area contributed by atoms with Gasteiger partial charge in [-0.15, -0.1) is 0 Å². The summed E-state index contributed by atoms with van der Waals surface area (Å²) in [6.45, 7) is -0.107. The Hall–Kier alpha value is -2.36. The van der Waals surface area contributed by atoms with Gasteiger partial charge in [0.05, 0.1) is 11.6 Å². The lowest BCUT2D eigenvalue weighted by Gasteiger charge is -2.07. The first kappa shape index (κ1) is 16.5. The molecule has 0 radical (unpaired) electrons. The Balaban J connectivity index is 1.83. The molecule has 2 aromatic carbocycles. The summed E-state index contributed by atoms with van der Waals surface area (Å²) < 4.78 is 1.22. The molecule has 0 aliphatic rings. The molecule has 0 spiro atoms. The van der Waals surface area contributed by atoms with E-state index < -0.39 is 5.56 Å². The second kappa shape index (κ2) is 7.04. The minimum Gasteiger partial charge on any atom is -0.305 e. The number of rotatable bonds is 4. The molecule has 0 aliphatic heterocycles. The molecular formula is C19H13Cl2NO2. The number of pyridine rings is 1. The molecule has 5 heteroatoms. The van der Waals surface area contributed by atoms with Crippen molar-refractivity contribution < 1.29 is 4.79 Å². The zero-order valence-corrected chi connectivity index (χ0v) is 14.1. The maximum absolute atomic E-state index is 12.4. The van der Waals surface area contributed by atoms with Crippen molar-refractivity contribution in [1.82, 2.24) is 4.57 Å². The minimum atomic E-state index is -0.435. The molecule has 0 bridgehead atoms. The molecule has 0 aliphatic carbocycles. The summed E-state index contributed by atoms with van der Waals surface area (Å²) in [6, 6.07) is 18.5. The van der Waals surface area contributed by atoms with Crippen LogP contribution in [0.3, 0.4) is 0 Å². The number of aromatic nitrogens is 1. The highest BCUT2D eigenvalue weighted by Crippen LogP contribution is 2.19. The molecule has 3 aromatic rings. The van der Waals surface area contributed by atoms with Gasteiger partial charge in [-0.2, -0.15) is 0 Å². The van der Waals surface area contributed by atoms with Crippen LogP contribution >= 0.6 is 23.2 Å². The van der Waals surface area contributed by atoms with Crippen molar-refractivity contribution in [3.05, 3.63) is 92.8 Å². The smallest absolute Gasteiger partial charge is 0.269 e. The van der Waals surface area contributed by atoms with Gasteiger partial charge in [-0.3, -0.25) is 9.59 Å². The number of benzene rings is 2. The first-order chi connectivity index (χ1) is 11.5. The molecule has 0 saturated heterocycles. The highest BCUT2D eigenvalue weighted by atomic mass is 35.5. The topological polar surface area (TPSA) is 39.1 Å². The average molecular weight is 358 g/mol. The third kappa shape index (κ3) is 3.58. The predicted octanol–water partition coefficient (Wildman–Crippen LogP) is 4.71. The molecule has 24 heavy (non-hydrogen) atoms. The van der Waals surface area contributed by atoms with Gasteiger partial charge in [0.1, 0.15) is 5.02 Å². The van der Waals surface area contributed by atoms with Crippen LogP contribution in [0.15, 0.2) is 71.7 Å². The lowest BCUT2D eigenvalue weighted by molar-refractivity contribution is 0.0971. The number of carbonyl (C=O) groups excluding carboxylic acids is 1. The summed E-state index contributed by atoms with van der Waals surface area (Å²) in [6.07, 6.45) is 1.41. The Morgan fingerprint density at radius 2 is 1.54 bits per heavy atom. The molecule has 120 valence electrons. The number of hydrogen-bond acceptors (Lipinski definition) is 2. The Labute approximate surface area is 149 Å². The van der Waals surface area contributed by atoms with Crippen molar-refractivity contribution in [1.29, 1.82) is 0 Å². The number of carbonyl (C=O) groups is 1. The van der Waals surface area contributed by atoms with Gasteiger partial charge in [0.2, 0.25) is 0 Å². The normalized spacial score (nSPS) is 10.6. The van der Waals surface area contributed by atoms with Gasteiger partial charge in [-0.25, -0.2) is 0 Å². The molecule has 1 heterocycles. The largest absolute Gasteiger partial charge is 0.305 e. The van der Waals surface area contributed by atoms with E-state index >= 15 is 0 Å². The summed E-state index contributed by atoms with van der Waals surface area (Å²) in [5, 5.41) is 0.307. The number of ketones is 1. The number of hydrogen-bond donors (Lipinski definition) is 0. The Morgan fingerprint density at radius 1 is 0.917 bits per heavy atom. The Kier molecular flexibility index (Phi) is 4.84. The van der Waals surface area contributed by atoms with Gasteiger partial charge in [-0.1, -0.05) is 77.8 Å². The number of nitrogens with zero attached hydrogens (tertiary/aromatic N) is 1. The fraction of sp³-hybridized carbons (Fsp3) is 0.0526. The lowest BCUT2D eigenvalue weighted by Crippen LogP contribution is -2.24. The van der Waals surface area contributed by atoms with Crippen molar-refractivity contribution >= 4 is 29.0 Å². The molecule has 3 rings (SSSR count). The van der Waals surface area contributed by atoms with E-state index in [0.717, 1.165) is 11.1 Å². The summed E-state index contributed by atoms with van der Waals surface area (Å²) in [5.41, 5.74) is 2.19. The molecule has 3 nitrogen and oxygen atoms in total. The van der Waals surface area contributed by atoms with Gasteiger partial charge in [0.15, 0.2) is 5.78 Å². The molecule has 0 atom stereocenters. The van der Waals surface area contributed by atoms with Crippen molar-refractivity contribution in [2.75, 3.05) is 0 Å². The van der Waals surface area contributed by atoms with E-state index in [1.165, 1.54) is 16.8 Å². The first-order valence-corrected chi connectivity index (χ1v) is 8.04. The van der Waals surface area contributed by atoms with Crippen molar-refractivity contribution in [3.8, 4) is 11.1 Å². The summed E-state index contributed by atoms with van der Waals surface area (Å²) in [7, 11) is 0. The average Bonchev–Trinajstić information content (AvgIpc) is 2.60. The molecule has 0 fully saturated rings. The lowest BCUT2D eigenvalue weighted by atomic mass is 10.0. The van der Waals surface area contributed by atoms with Crippen LogP contribution in [0.5, 0.6) is 0 Å². The summed E-state index contributed by atoms with van der Waals surface area (Å²) in [4.78, 5) is 24.3. The third-order valence-corrected chi connectivity index (χ3v) is 4.11.